The Morgan fingerprint density at radius 3 is 2.52 bits per heavy atom. The summed E-state index contributed by atoms with van der Waals surface area (Å²) >= 11 is 0. The molecule has 1 N–H and O–H groups in total. The molecule has 4 heteroatoms. The van der Waals surface area contributed by atoms with Crippen molar-refractivity contribution in [2.45, 2.75) is 38.5 Å². The van der Waals surface area contributed by atoms with E-state index in [0.29, 0.717) is 5.92 Å². The molecule has 116 valence electrons. The number of likely N-dealkylation sites (tertiary alicyclic amines) is 1. The standard InChI is InChI=1S/C17H24N2O.ClH/c1-13-15(14-7-9-18-10-8-14)5-4-6-16(13)17(20)19-11-2-3-12-19;/h4-6,14,18H,2-3,7-12H2,1H3;1H. The topological polar surface area (TPSA) is 32.3 Å². The molecule has 3 nitrogen and oxygen atoms in total. The lowest BCUT2D eigenvalue weighted by molar-refractivity contribution is 0.0792. The summed E-state index contributed by atoms with van der Waals surface area (Å²) in [5.74, 6) is 0.846. The fourth-order valence-corrected chi connectivity index (χ4v) is 3.55. The van der Waals surface area contributed by atoms with Crippen molar-refractivity contribution in [2.24, 2.45) is 0 Å². The maximum absolute atomic E-state index is 12.6. The number of nitrogens with zero attached hydrogens (tertiary/aromatic N) is 1. The Kier molecular flexibility index (Phi) is 5.65. The largest absolute Gasteiger partial charge is 0.339 e. The lowest BCUT2D eigenvalue weighted by atomic mass is 9.85. The summed E-state index contributed by atoms with van der Waals surface area (Å²) in [6.45, 7) is 6.16. The molecule has 0 radical (unpaired) electrons. The van der Waals surface area contributed by atoms with Gasteiger partial charge in [-0.3, -0.25) is 4.79 Å². The van der Waals surface area contributed by atoms with E-state index in [-0.39, 0.29) is 18.3 Å². The molecule has 0 aliphatic carbocycles. The summed E-state index contributed by atoms with van der Waals surface area (Å²) in [6.07, 6.45) is 4.67. The monoisotopic (exact) mass is 308 g/mol. The SMILES string of the molecule is Cc1c(C(=O)N2CCCC2)cccc1C1CCNCC1.Cl. The first kappa shape index (κ1) is 16.3. The zero-order valence-corrected chi connectivity index (χ0v) is 13.5. The van der Waals surface area contributed by atoms with E-state index in [1.165, 1.54) is 24.0 Å². The Labute approximate surface area is 133 Å². The third-order valence-electron chi connectivity index (χ3n) is 4.78. The van der Waals surface area contributed by atoms with Crippen LogP contribution in [0, 0.1) is 6.92 Å². The van der Waals surface area contributed by atoms with E-state index in [0.717, 1.165) is 44.6 Å². The maximum atomic E-state index is 12.6. The number of carbonyl (C=O) groups is 1. The molecule has 0 unspecified atom stereocenters. The summed E-state index contributed by atoms with van der Waals surface area (Å²) in [6, 6.07) is 6.28. The lowest BCUT2D eigenvalue weighted by Gasteiger charge is -2.26. The smallest absolute Gasteiger partial charge is 0.254 e. The number of amides is 1. The highest BCUT2D eigenvalue weighted by molar-refractivity contribution is 5.96. The van der Waals surface area contributed by atoms with Gasteiger partial charge in [-0.05, 0) is 68.8 Å². The number of rotatable bonds is 2. The molecule has 21 heavy (non-hydrogen) atoms. The zero-order chi connectivity index (χ0) is 13.9. The minimum Gasteiger partial charge on any atom is -0.339 e. The van der Waals surface area contributed by atoms with Crippen LogP contribution in [-0.2, 0) is 0 Å². The summed E-state index contributed by atoms with van der Waals surface area (Å²) in [5, 5.41) is 3.41. The molecule has 2 aliphatic heterocycles. The molecule has 2 heterocycles. The minimum atomic E-state index is 0. The van der Waals surface area contributed by atoms with E-state index < -0.39 is 0 Å². The Hall–Kier alpha value is -1.06. The average Bonchev–Trinajstić information content (AvgIpc) is 3.02. The second-order valence-electron chi connectivity index (χ2n) is 6.04. The Morgan fingerprint density at radius 2 is 1.86 bits per heavy atom. The van der Waals surface area contributed by atoms with E-state index >= 15 is 0 Å². The molecule has 0 atom stereocenters. The Morgan fingerprint density at radius 1 is 1.19 bits per heavy atom. The molecule has 0 spiro atoms. The van der Waals surface area contributed by atoms with Gasteiger partial charge in [-0.2, -0.15) is 0 Å². The molecule has 2 saturated heterocycles. The molecule has 0 bridgehead atoms. The Balaban J connectivity index is 0.00000161. The van der Waals surface area contributed by atoms with Crippen molar-refractivity contribution in [2.75, 3.05) is 26.2 Å². The maximum Gasteiger partial charge on any atom is 0.254 e. The highest BCUT2D eigenvalue weighted by Gasteiger charge is 2.24. The average molecular weight is 309 g/mol. The second kappa shape index (κ2) is 7.28. The molecule has 0 aromatic heterocycles. The van der Waals surface area contributed by atoms with Gasteiger partial charge in [-0.1, -0.05) is 12.1 Å². The van der Waals surface area contributed by atoms with E-state index in [9.17, 15) is 4.79 Å². The van der Waals surface area contributed by atoms with E-state index in [4.69, 9.17) is 0 Å². The van der Waals surface area contributed by atoms with Gasteiger partial charge in [-0.15, -0.1) is 12.4 Å². The van der Waals surface area contributed by atoms with E-state index in [1.807, 2.05) is 11.0 Å². The van der Waals surface area contributed by atoms with Crippen LogP contribution in [0.2, 0.25) is 0 Å². The van der Waals surface area contributed by atoms with E-state index in [2.05, 4.69) is 24.4 Å². The highest BCUT2D eigenvalue weighted by Crippen LogP contribution is 2.30. The quantitative estimate of drug-likeness (QED) is 0.910. The van der Waals surface area contributed by atoms with Crippen molar-refractivity contribution in [1.82, 2.24) is 10.2 Å². The first-order valence-corrected chi connectivity index (χ1v) is 7.87. The number of nitrogens with one attached hydrogen (secondary N) is 1. The van der Waals surface area contributed by atoms with Gasteiger partial charge in [0.15, 0.2) is 0 Å². The molecule has 3 rings (SSSR count). The summed E-state index contributed by atoms with van der Waals surface area (Å²) in [7, 11) is 0. The summed E-state index contributed by atoms with van der Waals surface area (Å²) in [5.41, 5.74) is 3.51. The van der Waals surface area contributed by atoms with Crippen LogP contribution in [0.5, 0.6) is 0 Å². The van der Waals surface area contributed by atoms with Crippen LogP contribution < -0.4 is 5.32 Å². The van der Waals surface area contributed by atoms with Gasteiger partial charge in [-0.25, -0.2) is 0 Å². The van der Waals surface area contributed by atoms with E-state index in [1.54, 1.807) is 0 Å². The number of benzene rings is 1. The highest BCUT2D eigenvalue weighted by atomic mass is 35.5. The van der Waals surface area contributed by atoms with Gasteiger partial charge in [0.25, 0.3) is 5.91 Å². The molecule has 1 aromatic carbocycles. The first-order chi connectivity index (χ1) is 9.77. The van der Waals surface area contributed by atoms with Crippen LogP contribution in [0.15, 0.2) is 18.2 Å². The van der Waals surface area contributed by atoms with Crippen molar-refractivity contribution in [1.29, 1.82) is 0 Å². The lowest BCUT2D eigenvalue weighted by Crippen LogP contribution is -2.29. The minimum absolute atomic E-state index is 0. The predicted molar refractivity (Wildman–Crippen MR) is 88.4 cm³/mol. The molecule has 2 fully saturated rings. The van der Waals surface area contributed by atoms with Crippen molar-refractivity contribution in [3.05, 3.63) is 34.9 Å². The molecule has 1 amide bonds. The van der Waals surface area contributed by atoms with Crippen LogP contribution in [0.1, 0.15) is 53.1 Å². The Bertz CT molecular complexity index is 492. The van der Waals surface area contributed by atoms with Crippen LogP contribution >= 0.6 is 12.4 Å². The third kappa shape index (κ3) is 3.41. The third-order valence-corrected chi connectivity index (χ3v) is 4.78. The van der Waals surface area contributed by atoms with Crippen molar-refractivity contribution >= 4 is 18.3 Å². The van der Waals surface area contributed by atoms with Gasteiger partial charge in [0.05, 0.1) is 0 Å². The normalized spacial score (nSPS) is 19.4. The van der Waals surface area contributed by atoms with Crippen LogP contribution in [0.4, 0.5) is 0 Å². The van der Waals surface area contributed by atoms with Gasteiger partial charge in [0.1, 0.15) is 0 Å². The van der Waals surface area contributed by atoms with Crippen LogP contribution in [0.25, 0.3) is 0 Å². The predicted octanol–water partition coefficient (Wildman–Crippen LogP) is 3.12. The van der Waals surface area contributed by atoms with Crippen molar-refractivity contribution < 1.29 is 4.79 Å². The number of halogens is 1. The summed E-state index contributed by atoms with van der Waals surface area (Å²) in [4.78, 5) is 14.6. The zero-order valence-electron chi connectivity index (χ0n) is 12.7. The first-order valence-electron chi connectivity index (χ1n) is 7.87. The van der Waals surface area contributed by atoms with Gasteiger partial charge in [0.2, 0.25) is 0 Å². The molecule has 0 saturated carbocycles. The molecule has 2 aliphatic rings. The van der Waals surface area contributed by atoms with Gasteiger partial charge in [0, 0.05) is 18.7 Å². The van der Waals surface area contributed by atoms with Crippen molar-refractivity contribution in [3.63, 3.8) is 0 Å². The number of carbonyl (C=O) groups excluding carboxylic acids is 1. The van der Waals surface area contributed by atoms with Gasteiger partial charge >= 0.3 is 0 Å². The molecule has 1 aromatic rings. The fourth-order valence-electron chi connectivity index (χ4n) is 3.55. The van der Waals surface area contributed by atoms with Gasteiger partial charge < -0.3 is 10.2 Å². The molecular weight excluding hydrogens is 284 g/mol. The fraction of sp³-hybridized carbons (Fsp3) is 0.588. The number of hydrogen-bond donors (Lipinski definition) is 1. The number of piperidine rings is 1. The summed E-state index contributed by atoms with van der Waals surface area (Å²) < 4.78 is 0. The van der Waals surface area contributed by atoms with Crippen LogP contribution in [0.3, 0.4) is 0 Å². The molecular formula is C17H25ClN2O. The van der Waals surface area contributed by atoms with Crippen LogP contribution in [-0.4, -0.2) is 37.0 Å². The van der Waals surface area contributed by atoms with Crippen molar-refractivity contribution in [3.8, 4) is 0 Å². The number of hydrogen-bond acceptors (Lipinski definition) is 2. The second-order valence-corrected chi connectivity index (χ2v) is 6.04.